The van der Waals surface area contributed by atoms with Gasteiger partial charge in [0.1, 0.15) is 28.8 Å². The minimum Gasteiger partial charge on any atom is -0.481 e. The molecule has 90 heavy (non-hydrogen) atoms. The van der Waals surface area contributed by atoms with Crippen molar-refractivity contribution in [3.05, 3.63) is 133 Å². The number of carboxylic acids is 2. The van der Waals surface area contributed by atoms with Gasteiger partial charge in [-0.3, -0.25) is 9.59 Å². The summed E-state index contributed by atoms with van der Waals surface area (Å²) in [5.74, 6) is -7.69. The number of fused-ring (bicyclic) bond motifs is 2. The van der Waals surface area contributed by atoms with Crippen LogP contribution in [0.4, 0.5) is 5.69 Å². The fourth-order valence-corrected chi connectivity index (χ4v) is 10.9. The van der Waals surface area contributed by atoms with E-state index >= 15 is 0 Å². The van der Waals surface area contributed by atoms with Crippen LogP contribution in [0, 0.1) is 17.8 Å². The molecule has 26 heteroatoms. The summed E-state index contributed by atoms with van der Waals surface area (Å²) in [4.78, 5) is 36.0. The highest BCUT2D eigenvalue weighted by molar-refractivity contribution is 7.89. The van der Waals surface area contributed by atoms with Crippen molar-refractivity contribution < 1.29 is 108 Å². The highest BCUT2D eigenvalue weighted by atomic mass is 32.2. The van der Waals surface area contributed by atoms with Crippen molar-refractivity contribution >= 4 is 33.6 Å². The van der Waals surface area contributed by atoms with Gasteiger partial charge in [-0.15, -0.1) is 0 Å². The molecule has 5 rings (SSSR count). The number of aliphatic hydroxyl groups excluding tert-OH is 9. The lowest BCUT2D eigenvalue weighted by Gasteiger charge is -2.45. The van der Waals surface area contributed by atoms with E-state index in [9.17, 15) is 84.1 Å². The van der Waals surface area contributed by atoms with Gasteiger partial charge in [-0.1, -0.05) is 130 Å². The van der Waals surface area contributed by atoms with Crippen LogP contribution in [0.2, 0.25) is 0 Å². The maximum Gasteiger partial charge on any atom is 0.335 e. The van der Waals surface area contributed by atoms with Crippen LogP contribution < -0.4 is 20.9 Å². The smallest absolute Gasteiger partial charge is 0.335 e. The number of aliphatic carboxylic acids is 1. The number of hydrogen-bond donors (Lipinski definition) is 15. The molecule has 0 unspecified atom stereocenters. The van der Waals surface area contributed by atoms with E-state index in [2.05, 4.69) is 5.32 Å². The summed E-state index contributed by atoms with van der Waals surface area (Å²) in [7, 11) is -4.19. The van der Waals surface area contributed by atoms with Crippen molar-refractivity contribution in [1.29, 1.82) is 0 Å². The molecule has 19 atom stereocenters. The van der Waals surface area contributed by atoms with Gasteiger partial charge in [0.15, 0.2) is 17.8 Å². The molecule has 0 aromatic heterocycles. The number of sulfonamides is 1. The fourth-order valence-electron chi connectivity index (χ4n) is 10.1. The number of aromatic carboxylic acids is 1. The molecule has 2 fully saturated rings. The number of carbonyl (C=O) groups is 3. The van der Waals surface area contributed by atoms with Gasteiger partial charge in [-0.05, 0) is 63.8 Å². The Bertz CT molecular complexity index is 2890. The zero-order valence-electron chi connectivity index (χ0n) is 51.3. The summed E-state index contributed by atoms with van der Waals surface area (Å²) in [5, 5.41) is 136. The lowest BCUT2D eigenvalue weighted by Crippen LogP contribution is -2.61. The molecule has 0 amide bonds. The van der Waals surface area contributed by atoms with Gasteiger partial charge in [0.25, 0.3) is 0 Å². The van der Waals surface area contributed by atoms with Crippen LogP contribution in [0.1, 0.15) is 109 Å². The Hall–Kier alpha value is -6.02. The molecule has 3 aliphatic rings. The average molecular weight is 1290 g/mol. The Labute approximate surface area is 525 Å². The standard InChI is InChI=1S/C47H73NO17.C17H20N2O5S/c1-27-17-15-13-11-9-7-5-6-8-10-12-14-16-18-34(64-46-44(58)41(48)43(57)30(4)63-46)24-38-40(45(59)60)37(54)26-47(61,65-38)25-33(51)22-36(53)35(52)20-19-31(49)21-32(50)23-39(55)62-29(3)28(2)42(27)56;1-2-3-9-19-14-10-12(17(20)21)11-15(25(18,22)23)16(14)24-13-7-5-4-6-8-13/h5-18,27-38,40-44,46,49-54,56-58,61H,19-26,48H2,1-4H3,(H,59,60);4-8,10-11,19H,2-3,9H2,1H3,(H,20,21)(H2,18,22,23)/t27-,28-,29-,30+,31+,32+,33-,34-,35+,36+,37-,38-,40+,41-,42+,43+,44-,46-,47+;/m0./s1. The number of primary sulfonamides is 1. The minimum atomic E-state index is -4.19. The van der Waals surface area contributed by atoms with Crippen molar-refractivity contribution in [2.45, 2.75) is 201 Å². The summed E-state index contributed by atoms with van der Waals surface area (Å²) >= 11 is 0. The molecule has 25 nitrogen and oxygen atoms in total. The van der Waals surface area contributed by atoms with Crippen LogP contribution in [-0.4, -0.2) is 192 Å². The average Bonchev–Trinajstić information content (AvgIpc) is 0.866. The fraction of sp³-hybridized carbons (Fsp3) is 0.547. The van der Waals surface area contributed by atoms with Crippen LogP contribution in [-0.2, 0) is 38.6 Å². The van der Waals surface area contributed by atoms with E-state index in [-0.39, 0.29) is 53.5 Å². The predicted octanol–water partition coefficient (Wildman–Crippen LogP) is 3.75. The molecule has 502 valence electrons. The number of hydrogen-bond acceptors (Lipinski definition) is 22. The number of ether oxygens (including phenoxy) is 5. The second-order valence-electron chi connectivity index (χ2n) is 23.0. The van der Waals surface area contributed by atoms with Gasteiger partial charge >= 0.3 is 17.9 Å². The van der Waals surface area contributed by atoms with Crippen molar-refractivity contribution in [2.24, 2.45) is 28.6 Å². The molecule has 2 aromatic carbocycles. The van der Waals surface area contributed by atoms with Crippen LogP contribution in [0.15, 0.2) is 132 Å². The number of allylic oxidation sites excluding steroid dienone is 12. The van der Waals surface area contributed by atoms with E-state index in [0.29, 0.717) is 12.3 Å². The highest BCUT2D eigenvalue weighted by Crippen LogP contribution is 2.40. The highest BCUT2D eigenvalue weighted by Gasteiger charge is 2.51. The Kier molecular flexibility index (Phi) is 31.8. The number of rotatable bonds is 11. The van der Waals surface area contributed by atoms with E-state index in [1.54, 1.807) is 111 Å². The third-order valence-corrected chi connectivity index (χ3v) is 16.4. The molecule has 0 aliphatic carbocycles. The maximum atomic E-state index is 12.6. The molecular formula is C64H93N3O22S. The Morgan fingerprint density at radius 2 is 1.31 bits per heavy atom. The van der Waals surface area contributed by atoms with E-state index < -0.39 is 163 Å². The lowest BCUT2D eigenvalue weighted by molar-refractivity contribution is -0.308. The third-order valence-electron chi connectivity index (χ3n) is 15.4. The molecule has 3 heterocycles. The minimum absolute atomic E-state index is 0.0187. The van der Waals surface area contributed by atoms with Gasteiger partial charge in [-0.25, -0.2) is 18.4 Å². The largest absolute Gasteiger partial charge is 0.481 e. The quantitative estimate of drug-likeness (QED) is 0.112. The zero-order valence-corrected chi connectivity index (χ0v) is 52.1. The van der Waals surface area contributed by atoms with Crippen LogP contribution in [0.3, 0.4) is 0 Å². The zero-order chi connectivity index (χ0) is 66.9. The summed E-state index contributed by atoms with van der Waals surface area (Å²) in [5.41, 5.74) is 6.09. The number of aliphatic hydroxyl groups is 10. The summed E-state index contributed by atoms with van der Waals surface area (Å²) in [6.45, 7) is 9.29. The van der Waals surface area contributed by atoms with Gasteiger partial charge in [0, 0.05) is 44.1 Å². The first-order chi connectivity index (χ1) is 42.4. The number of nitrogens with one attached hydrogen (secondary N) is 1. The molecule has 2 aromatic rings. The molecule has 17 N–H and O–H groups in total. The molecule has 0 saturated carbocycles. The van der Waals surface area contributed by atoms with Gasteiger partial charge in [0.2, 0.25) is 10.0 Å². The number of carbonyl (C=O) groups excluding carboxylic acids is 1. The summed E-state index contributed by atoms with van der Waals surface area (Å²) in [6.07, 6.45) is 5.20. The topological polar surface area (TPSA) is 438 Å². The van der Waals surface area contributed by atoms with E-state index in [1.807, 2.05) is 26.0 Å². The molecule has 2 saturated heterocycles. The predicted molar refractivity (Wildman–Crippen MR) is 332 cm³/mol. The lowest BCUT2D eigenvalue weighted by atomic mass is 9.82. The number of para-hydroxylation sites is 1. The van der Waals surface area contributed by atoms with Crippen molar-refractivity contribution in [1.82, 2.24) is 0 Å². The monoisotopic (exact) mass is 1290 g/mol. The van der Waals surface area contributed by atoms with E-state index in [0.717, 1.165) is 18.9 Å². The van der Waals surface area contributed by atoms with Gasteiger partial charge in [-0.2, -0.15) is 0 Å². The van der Waals surface area contributed by atoms with Crippen molar-refractivity contribution in [3.8, 4) is 11.5 Å². The first kappa shape index (κ1) is 76.4. The summed E-state index contributed by atoms with van der Waals surface area (Å²) < 4.78 is 52.8. The number of anilines is 1. The number of benzene rings is 2. The number of nitrogens with two attached hydrogens (primary N) is 2. The molecule has 3 aliphatic heterocycles. The molecule has 0 spiro atoms. The molecule has 2 bridgehead atoms. The van der Waals surface area contributed by atoms with E-state index in [1.165, 1.54) is 19.1 Å². The Morgan fingerprint density at radius 1 is 0.711 bits per heavy atom. The van der Waals surface area contributed by atoms with Gasteiger partial charge < -0.3 is 96.0 Å². The number of carboxylic acid groups (broad SMARTS) is 2. The third kappa shape index (κ3) is 25.2. The van der Waals surface area contributed by atoms with Crippen LogP contribution >= 0.6 is 0 Å². The SMILES string of the molecule is CCCCNc1cc(C(=O)O)cc(S(N)(=O)=O)c1Oc1ccccc1.C[C@@H]1[C@H](O)[C@@H](C)C=CC=CC=CC=CC=CC=CC=C[C@H](O[C@@H]2O[C@H](C)[C@@H](O)[C@H](N)[C@@H]2O)C[C@@H]2O[C@](O)(C[C@@H](O)C[C@@H](O)[C@H](O)CC[C@@H](O)C[C@@H](O)CC(=O)O[C@H]1C)C[C@H](O)[C@H]2C(=O)O. The summed E-state index contributed by atoms with van der Waals surface area (Å²) in [6, 6.07) is 9.78. The van der Waals surface area contributed by atoms with Gasteiger partial charge in [0.05, 0.1) is 90.9 Å². The number of unbranched alkanes of at least 4 members (excludes halogenated alkanes) is 1. The Balaban J connectivity index is 0.000000573. The number of esters is 1. The van der Waals surface area contributed by atoms with Crippen LogP contribution in [0.5, 0.6) is 11.5 Å². The molecular weight excluding hydrogens is 1190 g/mol. The normalized spacial score (nSPS) is 33.5. The molecule has 0 radical (unpaired) electrons. The Morgan fingerprint density at radius 3 is 1.89 bits per heavy atom. The van der Waals surface area contributed by atoms with Crippen molar-refractivity contribution in [2.75, 3.05) is 11.9 Å². The maximum absolute atomic E-state index is 12.6. The number of cyclic esters (lactones) is 1. The first-order valence-corrected chi connectivity index (χ1v) is 31.6. The first-order valence-electron chi connectivity index (χ1n) is 30.1. The van der Waals surface area contributed by atoms with E-state index in [4.69, 9.17) is 34.6 Å². The second kappa shape index (κ2) is 37.5. The van der Waals surface area contributed by atoms with Crippen LogP contribution in [0.25, 0.3) is 0 Å². The van der Waals surface area contributed by atoms with Crippen molar-refractivity contribution in [3.63, 3.8) is 0 Å². The second-order valence-corrected chi connectivity index (χ2v) is 24.5.